The Hall–Kier alpha value is -2.22. The van der Waals surface area contributed by atoms with Crippen molar-refractivity contribution in [3.8, 4) is 11.3 Å². The highest BCUT2D eigenvalue weighted by atomic mass is 14.7. The minimum atomic E-state index is 0.554. The molecule has 0 spiro atoms. The number of hydrogen-bond donors (Lipinski definition) is 1. The van der Waals surface area contributed by atoms with Crippen LogP contribution in [0.25, 0.3) is 17.3 Å². The zero-order valence-electron chi connectivity index (χ0n) is 9.72. The summed E-state index contributed by atoms with van der Waals surface area (Å²) in [6.07, 6.45) is 5.52. The van der Waals surface area contributed by atoms with Crippen molar-refractivity contribution in [1.29, 1.82) is 5.41 Å². The fourth-order valence-electron chi connectivity index (χ4n) is 1.52. The molecule has 0 fully saturated rings. The van der Waals surface area contributed by atoms with E-state index < -0.39 is 0 Å². The molecule has 0 atom stereocenters. The number of aromatic nitrogens is 1. The largest absolute Gasteiger partial charge is 0.306 e. The van der Waals surface area contributed by atoms with Crippen LogP contribution in [0.3, 0.4) is 0 Å². The van der Waals surface area contributed by atoms with Crippen LogP contribution < -0.4 is 0 Å². The lowest BCUT2D eigenvalue weighted by atomic mass is 10.1. The van der Waals surface area contributed by atoms with E-state index in [2.05, 4.69) is 4.98 Å². The van der Waals surface area contributed by atoms with Gasteiger partial charge >= 0.3 is 0 Å². The summed E-state index contributed by atoms with van der Waals surface area (Å²) >= 11 is 0. The fourth-order valence-corrected chi connectivity index (χ4v) is 1.52. The van der Waals surface area contributed by atoms with Crippen LogP contribution in [0.15, 0.2) is 54.7 Å². The minimum Gasteiger partial charge on any atom is -0.306 e. The molecular formula is C15H14N2. The summed E-state index contributed by atoms with van der Waals surface area (Å²) in [5, 5.41) is 7.32. The highest BCUT2D eigenvalue weighted by Crippen LogP contribution is 2.17. The predicted molar refractivity (Wildman–Crippen MR) is 72.1 cm³/mol. The molecule has 2 nitrogen and oxygen atoms in total. The average molecular weight is 222 g/mol. The number of benzene rings is 1. The summed E-state index contributed by atoms with van der Waals surface area (Å²) in [6.45, 7) is 1.76. The molecule has 0 saturated heterocycles. The predicted octanol–water partition coefficient (Wildman–Crippen LogP) is 3.80. The first kappa shape index (κ1) is 11.3. The molecule has 0 amide bonds. The van der Waals surface area contributed by atoms with Crippen molar-refractivity contribution in [3.05, 3.63) is 60.3 Å². The normalized spacial score (nSPS) is 10.6. The Labute approximate surface area is 101 Å². The Kier molecular flexibility index (Phi) is 3.46. The molecule has 1 N–H and O–H groups in total. The average Bonchev–Trinajstić information content (AvgIpc) is 2.38. The van der Waals surface area contributed by atoms with E-state index in [1.165, 1.54) is 0 Å². The van der Waals surface area contributed by atoms with Crippen molar-refractivity contribution in [3.63, 3.8) is 0 Å². The van der Waals surface area contributed by atoms with Gasteiger partial charge in [-0.3, -0.25) is 4.98 Å². The van der Waals surface area contributed by atoms with E-state index in [4.69, 9.17) is 5.41 Å². The summed E-state index contributed by atoms with van der Waals surface area (Å²) in [5.74, 6) is 0. The molecular weight excluding hydrogens is 208 g/mol. The van der Waals surface area contributed by atoms with Crippen LogP contribution in [0.4, 0.5) is 0 Å². The standard InChI is InChI=1S/C15H14N2/c1-12(16)5-6-13-7-9-14(10-8-13)15-4-2-3-11-17-15/h2-11,16H,1H3/b6-5+,16-12?. The highest BCUT2D eigenvalue weighted by Gasteiger charge is 1.96. The van der Waals surface area contributed by atoms with Crippen LogP contribution in [-0.4, -0.2) is 10.7 Å². The van der Waals surface area contributed by atoms with Gasteiger partial charge in [0.2, 0.25) is 0 Å². The van der Waals surface area contributed by atoms with Gasteiger partial charge in [-0.2, -0.15) is 0 Å². The van der Waals surface area contributed by atoms with Gasteiger partial charge in [0, 0.05) is 17.5 Å². The van der Waals surface area contributed by atoms with Gasteiger partial charge in [-0.05, 0) is 30.7 Å². The van der Waals surface area contributed by atoms with Crippen LogP contribution in [0.1, 0.15) is 12.5 Å². The second-order valence-corrected chi connectivity index (χ2v) is 3.85. The number of allylic oxidation sites excluding steroid dienone is 1. The van der Waals surface area contributed by atoms with Crippen molar-refractivity contribution in [2.24, 2.45) is 0 Å². The van der Waals surface area contributed by atoms with Gasteiger partial charge in [-0.1, -0.05) is 36.4 Å². The number of nitrogens with zero attached hydrogens (tertiary/aromatic N) is 1. The maximum atomic E-state index is 7.32. The van der Waals surface area contributed by atoms with E-state index in [1.54, 1.807) is 19.2 Å². The summed E-state index contributed by atoms with van der Waals surface area (Å²) in [7, 11) is 0. The van der Waals surface area contributed by atoms with Gasteiger partial charge in [-0.15, -0.1) is 0 Å². The molecule has 0 unspecified atom stereocenters. The number of nitrogens with one attached hydrogen (secondary N) is 1. The Morgan fingerprint density at radius 1 is 1.12 bits per heavy atom. The van der Waals surface area contributed by atoms with Gasteiger partial charge in [-0.25, -0.2) is 0 Å². The Morgan fingerprint density at radius 3 is 2.47 bits per heavy atom. The molecule has 0 saturated carbocycles. The lowest BCUT2D eigenvalue weighted by Gasteiger charge is -2.00. The molecule has 17 heavy (non-hydrogen) atoms. The Morgan fingerprint density at radius 2 is 1.88 bits per heavy atom. The summed E-state index contributed by atoms with van der Waals surface area (Å²) in [5.41, 5.74) is 3.73. The first-order valence-electron chi connectivity index (χ1n) is 5.50. The first-order valence-corrected chi connectivity index (χ1v) is 5.50. The van der Waals surface area contributed by atoms with Crippen molar-refractivity contribution < 1.29 is 0 Å². The number of pyridine rings is 1. The molecule has 0 aliphatic carbocycles. The summed E-state index contributed by atoms with van der Waals surface area (Å²) in [4.78, 5) is 4.30. The molecule has 1 aromatic heterocycles. The second kappa shape index (κ2) is 5.21. The summed E-state index contributed by atoms with van der Waals surface area (Å²) < 4.78 is 0. The molecule has 0 bridgehead atoms. The van der Waals surface area contributed by atoms with Crippen LogP contribution in [0.5, 0.6) is 0 Å². The molecule has 0 aliphatic rings. The number of hydrogen-bond acceptors (Lipinski definition) is 2. The monoisotopic (exact) mass is 222 g/mol. The lowest BCUT2D eigenvalue weighted by Crippen LogP contribution is -1.82. The van der Waals surface area contributed by atoms with Crippen molar-refractivity contribution in [2.45, 2.75) is 6.92 Å². The summed E-state index contributed by atoms with van der Waals surface area (Å²) in [6, 6.07) is 14.0. The maximum Gasteiger partial charge on any atom is 0.0701 e. The van der Waals surface area contributed by atoms with Crippen molar-refractivity contribution in [2.75, 3.05) is 0 Å². The van der Waals surface area contributed by atoms with E-state index in [1.807, 2.05) is 48.5 Å². The number of rotatable bonds is 3. The van der Waals surface area contributed by atoms with Gasteiger partial charge < -0.3 is 5.41 Å². The lowest BCUT2D eigenvalue weighted by molar-refractivity contribution is 1.33. The van der Waals surface area contributed by atoms with Gasteiger partial charge in [0.05, 0.1) is 5.69 Å². The topological polar surface area (TPSA) is 36.7 Å². The zero-order chi connectivity index (χ0) is 12.1. The third kappa shape index (κ3) is 3.11. The molecule has 0 aliphatic heterocycles. The molecule has 2 aromatic rings. The second-order valence-electron chi connectivity index (χ2n) is 3.85. The van der Waals surface area contributed by atoms with Gasteiger partial charge in [0.15, 0.2) is 0 Å². The van der Waals surface area contributed by atoms with Crippen molar-refractivity contribution in [1.82, 2.24) is 4.98 Å². The van der Waals surface area contributed by atoms with Crippen molar-refractivity contribution >= 4 is 11.8 Å². The van der Waals surface area contributed by atoms with E-state index >= 15 is 0 Å². The zero-order valence-corrected chi connectivity index (χ0v) is 9.72. The van der Waals surface area contributed by atoms with E-state index in [0.717, 1.165) is 16.8 Å². The van der Waals surface area contributed by atoms with E-state index in [9.17, 15) is 0 Å². The Bertz CT molecular complexity index is 525. The first-order chi connectivity index (χ1) is 8.25. The van der Waals surface area contributed by atoms with Gasteiger partial charge in [0.1, 0.15) is 0 Å². The molecule has 1 aromatic carbocycles. The molecule has 2 heteroatoms. The molecule has 84 valence electrons. The third-order valence-corrected chi connectivity index (χ3v) is 2.40. The molecule has 1 heterocycles. The van der Waals surface area contributed by atoms with E-state index in [0.29, 0.717) is 5.71 Å². The Balaban J connectivity index is 2.22. The van der Waals surface area contributed by atoms with Crippen LogP contribution in [-0.2, 0) is 0 Å². The maximum absolute atomic E-state index is 7.32. The quantitative estimate of drug-likeness (QED) is 0.788. The fraction of sp³-hybridized carbons (Fsp3) is 0.0667. The van der Waals surface area contributed by atoms with Gasteiger partial charge in [0.25, 0.3) is 0 Å². The smallest absolute Gasteiger partial charge is 0.0701 e. The van der Waals surface area contributed by atoms with Crippen LogP contribution in [0.2, 0.25) is 0 Å². The van der Waals surface area contributed by atoms with Crippen LogP contribution >= 0.6 is 0 Å². The third-order valence-electron chi connectivity index (χ3n) is 2.40. The highest BCUT2D eigenvalue weighted by molar-refractivity contribution is 5.93. The SMILES string of the molecule is CC(=N)/C=C/c1ccc(-c2ccccn2)cc1. The molecule has 0 radical (unpaired) electrons. The minimum absolute atomic E-state index is 0.554. The van der Waals surface area contributed by atoms with E-state index in [-0.39, 0.29) is 0 Å². The van der Waals surface area contributed by atoms with Crippen LogP contribution in [0, 0.1) is 5.41 Å². The molecule has 2 rings (SSSR count).